The predicted molar refractivity (Wildman–Crippen MR) is 107 cm³/mol. The molecule has 0 saturated heterocycles. The molecule has 0 bridgehead atoms. The first-order valence-electron chi connectivity index (χ1n) is 7.78. The zero-order chi connectivity index (χ0) is 18.1. The minimum Gasteiger partial charge on any atom is -0.497 e. The van der Waals surface area contributed by atoms with Crippen molar-refractivity contribution in [3.05, 3.63) is 54.1 Å². The van der Waals surface area contributed by atoms with E-state index in [4.69, 9.17) is 22.1 Å². The molecule has 0 unspecified atom stereocenters. The number of aliphatic hydroxyl groups excluding tert-OH is 1. The Balaban J connectivity index is 1.86. The number of benzene rings is 2. The minimum absolute atomic E-state index is 0.126. The summed E-state index contributed by atoms with van der Waals surface area (Å²) in [6.07, 6.45) is 1.69. The Bertz CT molecular complexity index is 719. The summed E-state index contributed by atoms with van der Waals surface area (Å²) in [4.78, 5) is 1.98. The monoisotopic (exact) mass is 358 g/mol. The van der Waals surface area contributed by atoms with Crippen molar-refractivity contribution in [2.45, 2.75) is 0 Å². The molecule has 0 spiro atoms. The number of aliphatic hydroxyl groups is 1. The number of rotatable bonds is 7. The van der Waals surface area contributed by atoms with Crippen LogP contribution in [0.2, 0.25) is 0 Å². The van der Waals surface area contributed by atoms with Gasteiger partial charge in [-0.15, -0.1) is 0 Å². The summed E-state index contributed by atoms with van der Waals surface area (Å²) in [5.41, 5.74) is 5.58. The number of nitrogens with zero attached hydrogens (tertiary/aromatic N) is 2. The molecule has 0 fully saturated rings. The van der Waals surface area contributed by atoms with Gasteiger partial charge in [0.05, 0.1) is 19.9 Å². The molecule has 3 N–H and O–H groups in total. The van der Waals surface area contributed by atoms with Gasteiger partial charge in [-0.3, -0.25) is 5.43 Å². The fourth-order valence-electron chi connectivity index (χ4n) is 2.12. The smallest absolute Gasteiger partial charge is 0.191 e. The highest BCUT2D eigenvalue weighted by atomic mass is 32.1. The van der Waals surface area contributed by atoms with E-state index >= 15 is 0 Å². The van der Waals surface area contributed by atoms with Crippen LogP contribution in [0.3, 0.4) is 0 Å². The molecule has 0 heterocycles. The molecule has 7 heteroatoms. The van der Waals surface area contributed by atoms with Crippen molar-refractivity contribution in [1.29, 1.82) is 0 Å². The lowest BCUT2D eigenvalue weighted by atomic mass is 10.2. The Morgan fingerprint density at radius 3 is 2.72 bits per heavy atom. The zero-order valence-electron chi connectivity index (χ0n) is 14.3. The number of thiocarbonyl (C=S) groups is 1. The van der Waals surface area contributed by atoms with Crippen molar-refractivity contribution < 1.29 is 9.84 Å². The maximum atomic E-state index is 8.96. The summed E-state index contributed by atoms with van der Waals surface area (Å²) in [5.74, 6) is 0.752. The van der Waals surface area contributed by atoms with Gasteiger partial charge >= 0.3 is 0 Å². The first-order valence-corrected chi connectivity index (χ1v) is 8.19. The average molecular weight is 358 g/mol. The van der Waals surface area contributed by atoms with Crippen LogP contribution < -0.4 is 20.4 Å². The lowest BCUT2D eigenvalue weighted by molar-refractivity contribution is 0.304. The van der Waals surface area contributed by atoms with E-state index in [-0.39, 0.29) is 6.61 Å². The fraction of sp³-hybridized carbons (Fsp3) is 0.222. The quantitative estimate of drug-likeness (QED) is 0.401. The second-order valence-corrected chi connectivity index (χ2v) is 5.70. The van der Waals surface area contributed by atoms with Crippen molar-refractivity contribution in [2.75, 3.05) is 37.5 Å². The SMILES string of the molecule is COc1cccc(NC(=S)N/N=C\c2ccc(N(C)CCO)cc2)c1. The summed E-state index contributed by atoms with van der Waals surface area (Å²) < 4.78 is 5.17. The minimum atomic E-state index is 0.126. The predicted octanol–water partition coefficient (Wildman–Crippen LogP) is 2.44. The first-order chi connectivity index (χ1) is 12.1. The lowest BCUT2D eigenvalue weighted by Gasteiger charge is -2.17. The molecule has 0 radical (unpaired) electrons. The van der Waals surface area contributed by atoms with Gasteiger partial charge in [-0.1, -0.05) is 18.2 Å². The van der Waals surface area contributed by atoms with Crippen LogP contribution in [0.15, 0.2) is 53.6 Å². The molecule has 0 aliphatic rings. The number of hydrogen-bond donors (Lipinski definition) is 3. The van der Waals surface area contributed by atoms with E-state index < -0.39 is 0 Å². The third-order valence-corrected chi connectivity index (χ3v) is 3.67. The topological polar surface area (TPSA) is 69.1 Å². The number of ether oxygens (including phenoxy) is 1. The molecule has 6 nitrogen and oxygen atoms in total. The van der Waals surface area contributed by atoms with Crippen LogP contribution in [0.25, 0.3) is 0 Å². The second-order valence-electron chi connectivity index (χ2n) is 5.29. The van der Waals surface area contributed by atoms with Gasteiger partial charge < -0.3 is 20.1 Å². The van der Waals surface area contributed by atoms with Crippen LogP contribution in [0.1, 0.15) is 5.56 Å². The Morgan fingerprint density at radius 1 is 1.28 bits per heavy atom. The van der Waals surface area contributed by atoms with Crippen LogP contribution >= 0.6 is 12.2 Å². The van der Waals surface area contributed by atoms with Gasteiger partial charge in [-0.25, -0.2) is 0 Å². The van der Waals surface area contributed by atoms with E-state index in [1.54, 1.807) is 13.3 Å². The van der Waals surface area contributed by atoms with Crippen LogP contribution in [-0.2, 0) is 0 Å². The number of hydrazone groups is 1. The van der Waals surface area contributed by atoms with Crippen LogP contribution in [0.5, 0.6) is 5.75 Å². The number of likely N-dealkylation sites (N-methyl/N-ethyl adjacent to an activating group) is 1. The second kappa shape index (κ2) is 9.61. The van der Waals surface area contributed by atoms with Gasteiger partial charge in [0.25, 0.3) is 0 Å². The molecular formula is C18H22N4O2S. The largest absolute Gasteiger partial charge is 0.497 e. The highest BCUT2D eigenvalue weighted by Crippen LogP contribution is 2.16. The maximum Gasteiger partial charge on any atom is 0.191 e. The van der Waals surface area contributed by atoms with Crippen LogP contribution in [0.4, 0.5) is 11.4 Å². The summed E-state index contributed by atoms with van der Waals surface area (Å²) in [6, 6.07) is 15.3. The number of anilines is 2. The summed E-state index contributed by atoms with van der Waals surface area (Å²) in [5, 5.41) is 16.5. The van der Waals surface area contributed by atoms with E-state index in [1.807, 2.05) is 60.5 Å². The summed E-state index contributed by atoms with van der Waals surface area (Å²) in [7, 11) is 3.55. The third-order valence-electron chi connectivity index (χ3n) is 3.48. The Kier molecular flexibility index (Phi) is 7.18. The van der Waals surface area contributed by atoms with E-state index in [0.29, 0.717) is 11.7 Å². The van der Waals surface area contributed by atoms with Gasteiger partial charge in [0, 0.05) is 31.0 Å². The normalized spacial score (nSPS) is 10.5. The molecule has 132 valence electrons. The molecule has 0 atom stereocenters. The summed E-state index contributed by atoms with van der Waals surface area (Å²) >= 11 is 5.21. The fourth-order valence-corrected chi connectivity index (χ4v) is 2.29. The molecule has 2 aromatic carbocycles. The maximum absolute atomic E-state index is 8.96. The van der Waals surface area contributed by atoms with Gasteiger partial charge in [0.15, 0.2) is 5.11 Å². The number of methoxy groups -OCH3 is 1. The molecule has 2 rings (SSSR count). The lowest BCUT2D eigenvalue weighted by Crippen LogP contribution is -2.23. The molecule has 25 heavy (non-hydrogen) atoms. The number of nitrogens with one attached hydrogen (secondary N) is 2. The van der Waals surface area contributed by atoms with Gasteiger partial charge in [0.1, 0.15) is 5.75 Å². The van der Waals surface area contributed by atoms with Crippen molar-refractivity contribution >= 4 is 34.9 Å². The Labute approximate surface area is 153 Å². The van der Waals surface area contributed by atoms with E-state index in [9.17, 15) is 0 Å². The standard InChI is InChI=1S/C18H22N4O2S/c1-22(10-11-23)16-8-6-14(7-9-16)13-19-21-18(25)20-15-4-3-5-17(12-15)24-2/h3-9,12-13,23H,10-11H2,1-2H3,(H2,20,21,25)/b19-13-. The Morgan fingerprint density at radius 2 is 2.04 bits per heavy atom. The van der Waals surface area contributed by atoms with Gasteiger partial charge in [0.2, 0.25) is 0 Å². The van der Waals surface area contributed by atoms with Gasteiger partial charge in [-0.05, 0) is 42.0 Å². The third kappa shape index (κ3) is 6.06. The van der Waals surface area contributed by atoms with Crippen molar-refractivity contribution in [1.82, 2.24) is 5.43 Å². The van der Waals surface area contributed by atoms with Crippen LogP contribution in [-0.4, -0.2) is 43.7 Å². The zero-order valence-corrected chi connectivity index (χ0v) is 15.1. The van der Waals surface area contributed by atoms with E-state index in [1.165, 1.54) is 0 Å². The van der Waals surface area contributed by atoms with Gasteiger partial charge in [-0.2, -0.15) is 5.10 Å². The van der Waals surface area contributed by atoms with Crippen molar-refractivity contribution in [3.63, 3.8) is 0 Å². The first kappa shape index (κ1) is 18.7. The molecule has 0 amide bonds. The molecular weight excluding hydrogens is 336 g/mol. The molecule has 2 aromatic rings. The highest BCUT2D eigenvalue weighted by molar-refractivity contribution is 7.80. The molecule has 0 aromatic heterocycles. The highest BCUT2D eigenvalue weighted by Gasteiger charge is 2.00. The van der Waals surface area contributed by atoms with E-state index in [0.717, 1.165) is 22.7 Å². The van der Waals surface area contributed by atoms with E-state index in [2.05, 4.69) is 15.8 Å². The molecule has 0 aliphatic heterocycles. The van der Waals surface area contributed by atoms with Crippen LogP contribution in [0, 0.1) is 0 Å². The molecule has 0 aliphatic carbocycles. The summed E-state index contributed by atoms with van der Waals surface area (Å²) in [6.45, 7) is 0.723. The van der Waals surface area contributed by atoms with Crippen molar-refractivity contribution in [3.8, 4) is 5.75 Å². The average Bonchev–Trinajstić information content (AvgIpc) is 2.62. The Hall–Kier alpha value is -2.64. The number of hydrogen-bond acceptors (Lipinski definition) is 5. The molecule has 0 saturated carbocycles. The van der Waals surface area contributed by atoms with Crippen molar-refractivity contribution in [2.24, 2.45) is 5.10 Å².